The van der Waals surface area contributed by atoms with Gasteiger partial charge in [0, 0.05) is 18.4 Å². The summed E-state index contributed by atoms with van der Waals surface area (Å²) in [5, 5.41) is 0. The molecule has 0 saturated heterocycles. The number of anilines is 1. The zero-order valence-electron chi connectivity index (χ0n) is 8.08. The van der Waals surface area contributed by atoms with Gasteiger partial charge in [0.1, 0.15) is 5.69 Å². The van der Waals surface area contributed by atoms with Crippen molar-refractivity contribution in [3.8, 4) is 12.3 Å². The van der Waals surface area contributed by atoms with Crippen LogP contribution in [0, 0.1) is 12.3 Å². The van der Waals surface area contributed by atoms with E-state index in [1.54, 1.807) is 17.2 Å². The van der Waals surface area contributed by atoms with E-state index >= 15 is 0 Å². The SMILES string of the molecule is C#CCN(CC)C(=O)c1cc(N)c[nH]1. The number of hydrogen-bond donors (Lipinski definition) is 2. The molecule has 1 aromatic heterocycles. The van der Waals surface area contributed by atoms with Crippen molar-refractivity contribution < 1.29 is 4.79 Å². The Balaban J connectivity index is 2.78. The van der Waals surface area contributed by atoms with E-state index in [0.29, 0.717) is 24.5 Å². The molecule has 14 heavy (non-hydrogen) atoms. The molecule has 0 spiro atoms. The zero-order valence-corrected chi connectivity index (χ0v) is 8.08. The second kappa shape index (κ2) is 4.38. The predicted molar refractivity (Wildman–Crippen MR) is 55.6 cm³/mol. The number of terminal acetylenes is 1. The molecule has 0 fully saturated rings. The second-order valence-electron chi connectivity index (χ2n) is 2.87. The summed E-state index contributed by atoms with van der Waals surface area (Å²) in [6.07, 6.45) is 6.73. The third-order valence-electron chi connectivity index (χ3n) is 1.89. The van der Waals surface area contributed by atoms with Gasteiger partial charge < -0.3 is 15.6 Å². The quantitative estimate of drug-likeness (QED) is 0.690. The average Bonchev–Trinajstić information content (AvgIpc) is 2.60. The number of amides is 1. The molecule has 0 atom stereocenters. The third kappa shape index (κ3) is 2.07. The van der Waals surface area contributed by atoms with Crippen molar-refractivity contribution in [2.45, 2.75) is 6.92 Å². The summed E-state index contributed by atoms with van der Waals surface area (Å²) in [6, 6.07) is 1.60. The van der Waals surface area contributed by atoms with Gasteiger partial charge in [-0.25, -0.2) is 0 Å². The number of aromatic nitrogens is 1. The molecule has 0 aromatic carbocycles. The summed E-state index contributed by atoms with van der Waals surface area (Å²) in [5.74, 6) is 2.31. The molecular weight excluding hydrogens is 178 g/mol. The minimum absolute atomic E-state index is 0.123. The van der Waals surface area contributed by atoms with E-state index in [0.717, 1.165) is 0 Å². The summed E-state index contributed by atoms with van der Waals surface area (Å²) in [7, 11) is 0. The molecule has 0 saturated carbocycles. The number of carbonyl (C=O) groups excluding carboxylic acids is 1. The van der Waals surface area contributed by atoms with Gasteiger partial charge in [-0.05, 0) is 13.0 Å². The molecular formula is C10H13N3O. The molecule has 0 aliphatic heterocycles. The van der Waals surface area contributed by atoms with E-state index in [-0.39, 0.29) is 5.91 Å². The van der Waals surface area contributed by atoms with Crippen LogP contribution in [-0.4, -0.2) is 28.9 Å². The molecule has 4 heteroatoms. The third-order valence-corrected chi connectivity index (χ3v) is 1.89. The van der Waals surface area contributed by atoms with Crippen molar-refractivity contribution in [1.29, 1.82) is 0 Å². The standard InChI is InChI=1S/C10H13N3O/c1-3-5-13(4-2)10(14)9-6-8(11)7-12-9/h1,6-7,12H,4-5,11H2,2H3. The Labute approximate surface area is 83.1 Å². The van der Waals surface area contributed by atoms with Crippen LogP contribution in [0.5, 0.6) is 0 Å². The Morgan fingerprint density at radius 3 is 2.93 bits per heavy atom. The number of nitrogens with zero attached hydrogens (tertiary/aromatic N) is 1. The van der Waals surface area contributed by atoms with Gasteiger partial charge in [0.15, 0.2) is 0 Å². The summed E-state index contributed by atoms with van der Waals surface area (Å²) in [4.78, 5) is 16.1. The Morgan fingerprint density at radius 2 is 2.50 bits per heavy atom. The van der Waals surface area contributed by atoms with Gasteiger partial charge in [-0.15, -0.1) is 6.42 Å². The second-order valence-corrected chi connectivity index (χ2v) is 2.87. The predicted octanol–water partition coefficient (Wildman–Crippen LogP) is 0.692. The Bertz CT molecular complexity index is 362. The van der Waals surface area contributed by atoms with Gasteiger partial charge in [0.05, 0.1) is 6.54 Å². The minimum Gasteiger partial charge on any atom is -0.397 e. The normalized spacial score (nSPS) is 9.43. The monoisotopic (exact) mass is 191 g/mol. The fraction of sp³-hybridized carbons (Fsp3) is 0.300. The fourth-order valence-corrected chi connectivity index (χ4v) is 1.14. The summed E-state index contributed by atoms with van der Waals surface area (Å²) in [5.41, 5.74) is 6.51. The number of H-pyrrole nitrogens is 1. The molecule has 0 radical (unpaired) electrons. The summed E-state index contributed by atoms with van der Waals surface area (Å²) >= 11 is 0. The molecule has 0 bridgehead atoms. The van der Waals surface area contributed by atoms with Gasteiger partial charge in [0.25, 0.3) is 5.91 Å². The largest absolute Gasteiger partial charge is 0.397 e. The number of nitrogens with two attached hydrogens (primary N) is 1. The van der Waals surface area contributed by atoms with Crippen LogP contribution in [0.15, 0.2) is 12.3 Å². The molecule has 3 N–H and O–H groups in total. The maximum Gasteiger partial charge on any atom is 0.271 e. The van der Waals surface area contributed by atoms with E-state index in [4.69, 9.17) is 12.2 Å². The van der Waals surface area contributed by atoms with Crippen LogP contribution in [0.2, 0.25) is 0 Å². The highest BCUT2D eigenvalue weighted by molar-refractivity contribution is 5.93. The lowest BCUT2D eigenvalue weighted by Crippen LogP contribution is -2.31. The van der Waals surface area contributed by atoms with Crippen LogP contribution in [0.25, 0.3) is 0 Å². The van der Waals surface area contributed by atoms with Crippen molar-refractivity contribution in [2.75, 3.05) is 18.8 Å². The Kier molecular flexibility index (Phi) is 3.19. The minimum atomic E-state index is -0.123. The number of aromatic amines is 1. The number of nitrogens with one attached hydrogen (secondary N) is 1. The van der Waals surface area contributed by atoms with Gasteiger partial charge >= 0.3 is 0 Å². The van der Waals surface area contributed by atoms with Gasteiger partial charge in [0.2, 0.25) is 0 Å². The Morgan fingerprint density at radius 1 is 1.79 bits per heavy atom. The first-order chi connectivity index (χ1) is 6.69. The van der Waals surface area contributed by atoms with Crippen molar-refractivity contribution >= 4 is 11.6 Å². The molecule has 4 nitrogen and oxygen atoms in total. The lowest BCUT2D eigenvalue weighted by atomic mass is 10.3. The van der Waals surface area contributed by atoms with Gasteiger partial charge in [-0.1, -0.05) is 5.92 Å². The van der Waals surface area contributed by atoms with Crippen LogP contribution in [0.1, 0.15) is 17.4 Å². The smallest absolute Gasteiger partial charge is 0.271 e. The van der Waals surface area contributed by atoms with Crippen molar-refractivity contribution in [3.05, 3.63) is 18.0 Å². The molecule has 1 rings (SSSR count). The highest BCUT2D eigenvalue weighted by atomic mass is 16.2. The average molecular weight is 191 g/mol. The van der Waals surface area contributed by atoms with Gasteiger partial charge in [-0.2, -0.15) is 0 Å². The topological polar surface area (TPSA) is 62.1 Å². The Hall–Kier alpha value is -1.89. The first-order valence-corrected chi connectivity index (χ1v) is 4.35. The summed E-state index contributed by atoms with van der Waals surface area (Å²) < 4.78 is 0. The lowest BCUT2D eigenvalue weighted by molar-refractivity contribution is 0.0780. The van der Waals surface area contributed by atoms with Gasteiger partial charge in [-0.3, -0.25) is 4.79 Å². The first-order valence-electron chi connectivity index (χ1n) is 4.35. The molecule has 0 aliphatic carbocycles. The fourth-order valence-electron chi connectivity index (χ4n) is 1.14. The van der Waals surface area contributed by atoms with Crippen molar-refractivity contribution in [3.63, 3.8) is 0 Å². The first kappa shape index (κ1) is 10.2. The number of nitrogen functional groups attached to an aromatic ring is 1. The molecule has 1 amide bonds. The highest BCUT2D eigenvalue weighted by Gasteiger charge is 2.14. The van der Waals surface area contributed by atoms with E-state index in [1.165, 1.54) is 0 Å². The maximum atomic E-state index is 11.7. The molecule has 74 valence electrons. The van der Waals surface area contributed by atoms with Crippen LogP contribution < -0.4 is 5.73 Å². The van der Waals surface area contributed by atoms with Crippen molar-refractivity contribution in [2.24, 2.45) is 0 Å². The van der Waals surface area contributed by atoms with Crippen LogP contribution >= 0.6 is 0 Å². The zero-order chi connectivity index (χ0) is 10.6. The molecule has 0 aliphatic rings. The number of carbonyl (C=O) groups is 1. The lowest BCUT2D eigenvalue weighted by Gasteiger charge is -2.16. The van der Waals surface area contributed by atoms with E-state index in [1.807, 2.05) is 6.92 Å². The van der Waals surface area contributed by atoms with E-state index < -0.39 is 0 Å². The molecule has 1 heterocycles. The van der Waals surface area contributed by atoms with E-state index in [2.05, 4.69) is 10.9 Å². The van der Waals surface area contributed by atoms with Crippen molar-refractivity contribution in [1.82, 2.24) is 9.88 Å². The highest BCUT2D eigenvalue weighted by Crippen LogP contribution is 2.07. The number of hydrogen-bond acceptors (Lipinski definition) is 2. The number of rotatable bonds is 3. The maximum absolute atomic E-state index is 11.7. The molecule has 1 aromatic rings. The van der Waals surface area contributed by atoms with Crippen LogP contribution in [0.3, 0.4) is 0 Å². The van der Waals surface area contributed by atoms with Crippen LogP contribution in [-0.2, 0) is 0 Å². The van der Waals surface area contributed by atoms with E-state index in [9.17, 15) is 4.79 Å². The molecule has 0 unspecified atom stereocenters. The summed E-state index contributed by atoms with van der Waals surface area (Å²) in [6.45, 7) is 2.78. The van der Waals surface area contributed by atoms with Crippen LogP contribution in [0.4, 0.5) is 5.69 Å².